The van der Waals surface area contributed by atoms with Crippen LogP contribution in [0.3, 0.4) is 0 Å². The molecule has 0 aromatic rings. The first-order valence-electron chi connectivity index (χ1n) is 5.32. The third-order valence-electron chi connectivity index (χ3n) is 4.95. The average Bonchev–Trinajstić information content (AvgIpc) is 2.39. The Bertz CT molecular complexity index is 181. The van der Waals surface area contributed by atoms with Crippen LogP contribution in [0.1, 0.15) is 46.0 Å². The molecule has 0 unspecified atom stereocenters. The van der Waals surface area contributed by atoms with Crippen molar-refractivity contribution in [1.82, 2.24) is 0 Å². The molecule has 2 aliphatic carbocycles. The molecule has 0 aromatic heterocycles. The summed E-state index contributed by atoms with van der Waals surface area (Å²) in [6.45, 7) is 5.82. The van der Waals surface area contributed by atoms with Gasteiger partial charge in [-0.3, -0.25) is 0 Å². The van der Waals surface area contributed by atoms with Crippen LogP contribution in [0.4, 0.5) is 0 Å². The Balaban J connectivity index is 0.000000845. The molecule has 0 heterocycles. The fraction of sp³-hybridized carbons (Fsp3) is 1.00. The summed E-state index contributed by atoms with van der Waals surface area (Å²) in [6.07, 6.45) is 7.08. The Morgan fingerprint density at radius 3 is 2.08 bits per heavy atom. The van der Waals surface area contributed by atoms with Gasteiger partial charge < -0.3 is 5.73 Å². The van der Waals surface area contributed by atoms with Gasteiger partial charge in [0.1, 0.15) is 0 Å². The van der Waals surface area contributed by atoms with Gasteiger partial charge in [-0.25, -0.2) is 0 Å². The van der Waals surface area contributed by atoms with E-state index < -0.39 is 0 Å². The lowest BCUT2D eigenvalue weighted by atomic mass is 9.67. The average molecular weight is 204 g/mol. The number of fused-ring (bicyclic) bond motifs is 2. The van der Waals surface area contributed by atoms with Gasteiger partial charge in [0.2, 0.25) is 0 Å². The molecule has 2 heteroatoms. The fourth-order valence-corrected chi connectivity index (χ4v) is 3.82. The van der Waals surface area contributed by atoms with E-state index in [-0.39, 0.29) is 12.4 Å². The number of rotatable bonds is 2. The summed E-state index contributed by atoms with van der Waals surface area (Å²) in [4.78, 5) is 0. The molecule has 0 amide bonds. The Morgan fingerprint density at radius 2 is 1.77 bits per heavy atom. The lowest BCUT2D eigenvalue weighted by Gasteiger charge is -2.38. The van der Waals surface area contributed by atoms with Crippen molar-refractivity contribution in [3.8, 4) is 0 Å². The van der Waals surface area contributed by atoms with Gasteiger partial charge >= 0.3 is 0 Å². The second kappa shape index (κ2) is 3.43. The van der Waals surface area contributed by atoms with Gasteiger partial charge in [0.05, 0.1) is 0 Å². The molecule has 2 N–H and O–H groups in total. The quantitative estimate of drug-likeness (QED) is 0.734. The van der Waals surface area contributed by atoms with Crippen LogP contribution >= 0.6 is 12.4 Å². The first kappa shape index (κ1) is 11.3. The molecule has 2 fully saturated rings. The Hall–Kier alpha value is 0.250. The van der Waals surface area contributed by atoms with E-state index in [0.717, 1.165) is 12.5 Å². The summed E-state index contributed by atoms with van der Waals surface area (Å²) in [5, 5.41) is 0. The van der Waals surface area contributed by atoms with Crippen molar-refractivity contribution in [2.24, 2.45) is 22.5 Å². The van der Waals surface area contributed by atoms with Gasteiger partial charge in [-0.05, 0) is 55.4 Å². The standard InChI is InChI=1S/C11H21N.ClH/c1-10(2)9-3-5-11(10,6-4-9)7-8-12;/h9H,3-8,12H2,1-2H3;1H. The van der Waals surface area contributed by atoms with E-state index in [4.69, 9.17) is 5.73 Å². The fourth-order valence-electron chi connectivity index (χ4n) is 3.82. The molecule has 2 aliphatic rings. The molecule has 13 heavy (non-hydrogen) atoms. The van der Waals surface area contributed by atoms with E-state index in [0.29, 0.717) is 10.8 Å². The topological polar surface area (TPSA) is 26.0 Å². The van der Waals surface area contributed by atoms with Crippen LogP contribution in [-0.4, -0.2) is 6.54 Å². The molecule has 0 aliphatic heterocycles. The van der Waals surface area contributed by atoms with E-state index >= 15 is 0 Å². The predicted molar refractivity (Wildman–Crippen MR) is 59.1 cm³/mol. The summed E-state index contributed by atoms with van der Waals surface area (Å²) in [5.74, 6) is 1.00. The van der Waals surface area contributed by atoms with Gasteiger partial charge in [0, 0.05) is 0 Å². The van der Waals surface area contributed by atoms with Crippen LogP contribution in [-0.2, 0) is 0 Å². The smallest absolute Gasteiger partial charge is 0.00718 e. The molecule has 0 atom stereocenters. The highest BCUT2D eigenvalue weighted by molar-refractivity contribution is 5.85. The molecule has 0 aromatic carbocycles. The predicted octanol–water partition coefficient (Wildman–Crippen LogP) is 2.97. The van der Waals surface area contributed by atoms with Crippen LogP contribution in [0.5, 0.6) is 0 Å². The Kier molecular flexibility index (Phi) is 2.99. The van der Waals surface area contributed by atoms with Gasteiger partial charge in [0.15, 0.2) is 0 Å². The van der Waals surface area contributed by atoms with Crippen LogP contribution in [0.25, 0.3) is 0 Å². The minimum atomic E-state index is 0. The monoisotopic (exact) mass is 203 g/mol. The maximum absolute atomic E-state index is 5.71. The molecule has 1 nitrogen and oxygen atoms in total. The summed E-state index contributed by atoms with van der Waals surface area (Å²) < 4.78 is 0. The zero-order chi connectivity index (χ0) is 8.82. The molecule has 0 radical (unpaired) electrons. The largest absolute Gasteiger partial charge is 0.330 e. The molecule has 78 valence electrons. The van der Waals surface area contributed by atoms with Crippen molar-refractivity contribution in [3.05, 3.63) is 0 Å². The molecule has 2 bridgehead atoms. The van der Waals surface area contributed by atoms with Crippen molar-refractivity contribution in [2.75, 3.05) is 6.54 Å². The lowest BCUT2D eigenvalue weighted by Crippen LogP contribution is -2.32. The third kappa shape index (κ3) is 1.32. The van der Waals surface area contributed by atoms with Crippen molar-refractivity contribution in [2.45, 2.75) is 46.0 Å². The van der Waals surface area contributed by atoms with Crippen LogP contribution < -0.4 is 5.73 Å². The van der Waals surface area contributed by atoms with Gasteiger partial charge in [-0.2, -0.15) is 0 Å². The van der Waals surface area contributed by atoms with Gasteiger partial charge in [0.25, 0.3) is 0 Å². The summed E-state index contributed by atoms with van der Waals surface area (Å²) >= 11 is 0. The normalized spacial score (nSPS) is 40.4. The van der Waals surface area contributed by atoms with E-state index in [1.165, 1.54) is 32.1 Å². The minimum absolute atomic E-state index is 0. The zero-order valence-corrected chi connectivity index (χ0v) is 9.62. The maximum atomic E-state index is 5.71. The van der Waals surface area contributed by atoms with E-state index in [1.54, 1.807) is 0 Å². The summed E-state index contributed by atoms with van der Waals surface area (Å²) in [6, 6.07) is 0. The first-order valence-corrected chi connectivity index (χ1v) is 5.32. The number of halogens is 1. The Morgan fingerprint density at radius 1 is 1.23 bits per heavy atom. The van der Waals surface area contributed by atoms with Crippen LogP contribution in [0.2, 0.25) is 0 Å². The Labute approximate surface area is 87.9 Å². The van der Waals surface area contributed by atoms with Crippen molar-refractivity contribution >= 4 is 12.4 Å². The molecule has 2 saturated carbocycles. The van der Waals surface area contributed by atoms with Crippen LogP contribution in [0, 0.1) is 16.7 Å². The van der Waals surface area contributed by atoms with Crippen molar-refractivity contribution < 1.29 is 0 Å². The highest BCUT2D eigenvalue weighted by Gasteiger charge is 2.57. The molecule has 0 spiro atoms. The van der Waals surface area contributed by atoms with Crippen molar-refractivity contribution in [1.29, 1.82) is 0 Å². The van der Waals surface area contributed by atoms with Gasteiger partial charge in [-0.1, -0.05) is 13.8 Å². The highest BCUT2D eigenvalue weighted by Crippen LogP contribution is 2.66. The molecule has 2 rings (SSSR count). The van der Waals surface area contributed by atoms with E-state index in [2.05, 4.69) is 13.8 Å². The summed E-state index contributed by atoms with van der Waals surface area (Å²) in [5.41, 5.74) is 6.93. The SMILES string of the molecule is CC1(C)C2CCC1(CCN)CC2.Cl. The van der Waals surface area contributed by atoms with E-state index in [9.17, 15) is 0 Å². The number of nitrogens with two attached hydrogens (primary N) is 1. The lowest BCUT2D eigenvalue weighted by molar-refractivity contribution is 0.119. The summed E-state index contributed by atoms with van der Waals surface area (Å²) in [7, 11) is 0. The van der Waals surface area contributed by atoms with Crippen molar-refractivity contribution in [3.63, 3.8) is 0 Å². The number of hydrogen-bond acceptors (Lipinski definition) is 1. The minimum Gasteiger partial charge on any atom is -0.330 e. The molecular weight excluding hydrogens is 182 g/mol. The van der Waals surface area contributed by atoms with E-state index in [1.807, 2.05) is 0 Å². The third-order valence-corrected chi connectivity index (χ3v) is 4.95. The first-order chi connectivity index (χ1) is 5.62. The molecular formula is C11H22ClN. The zero-order valence-electron chi connectivity index (χ0n) is 8.81. The maximum Gasteiger partial charge on any atom is -0.00718 e. The second-order valence-corrected chi connectivity index (χ2v) is 5.31. The molecule has 0 saturated heterocycles. The van der Waals surface area contributed by atoms with Crippen LogP contribution in [0.15, 0.2) is 0 Å². The number of hydrogen-bond donors (Lipinski definition) is 1. The second-order valence-electron chi connectivity index (χ2n) is 5.31. The van der Waals surface area contributed by atoms with Gasteiger partial charge in [-0.15, -0.1) is 12.4 Å². The highest BCUT2D eigenvalue weighted by atomic mass is 35.5.